The van der Waals surface area contributed by atoms with E-state index in [1.54, 1.807) is 0 Å². The number of allylic oxidation sites excluding steroid dienone is 12. The van der Waals surface area contributed by atoms with Crippen LogP contribution in [0, 0.1) is 0 Å². The Bertz CT molecular complexity index is 1510. The molecule has 0 aromatic rings. The van der Waals surface area contributed by atoms with Gasteiger partial charge in [0.2, 0.25) is 0 Å². The van der Waals surface area contributed by atoms with Crippen molar-refractivity contribution >= 4 is 23.9 Å². The third-order valence-electron chi connectivity index (χ3n) is 12.2. The molecule has 1 saturated heterocycles. The fraction of sp³-hybridized carbons (Fsp3) is 0.729. The highest BCUT2D eigenvalue weighted by atomic mass is 16.7. The van der Waals surface area contributed by atoms with E-state index in [0.717, 1.165) is 122 Å². The maximum absolute atomic E-state index is 13.1. The lowest BCUT2D eigenvalue weighted by Crippen LogP contribution is -2.61. The number of carbonyl (C=O) groups excluding carboxylic acids is 3. The number of ether oxygens (including phenoxy) is 5. The lowest BCUT2D eigenvalue weighted by Gasteiger charge is -2.40. The number of esters is 3. The number of aliphatic carboxylic acids is 1. The van der Waals surface area contributed by atoms with Crippen molar-refractivity contribution in [1.29, 1.82) is 0 Å². The maximum atomic E-state index is 13.1. The molecule has 1 heterocycles. The Hall–Kier alpha value is -3.84. The molecule has 71 heavy (non-hydrogen) atoms. The van der Waals surface area contributed by atoms with Gasteiger partial charge in [0.15, 0.2) is 24.6 Å². The molecule has 0 radical (unpaired) electrons. The van der Waals surface area contributed by atoms with Crippen LogP contribution in [0.5, 0.6) is 0 Å². The van der Waals surface area contributed by atoms with E-state index in [2.05, 4.69) is 93.7 Å². The molecule has 3 N–H and O–H groups in total. The second-order valence-corrected chi connectivity index (χ2v) is 18.8. The molecular weight excluding hydrogens is 901 g/mol. The Morgan fingerprint density at radius 3 is 1.41 bits per heavy atom. The predicted molar refractivity (Wildman–Crippen MR) is 285 cm³/mol. The molecular formula is C59H98O12. The van der Waals surface area contributed by atoms with Gasteiger partial charge < -0.3 is 39.0 Å². The zero-order valence-corrected chi connectivity index (χ0v) is 44.4. The van der Waals surface area contributed by atoms with Crippen LogP contribution in [-0.4, -0.2) is 89.2 Å². The Morgan fingerprint density at radius 2 is 0.915 bits per heavy atom. The van der Waals surface area contributed by atoms with Crippen LogP contribution in [0.2, 0.25) is 0 Å². The van der Waals surface area contributed by atoms with E-state index >= 15 is 0 Å². The average molecular weight is 999 g/mol. The van der Waals surface area contributed by atoms with Gasteiger partial charge in [0, 0.05) is 19.3 Å². The first-order chi connectivity index (χ1) is 34.6. The second-order valence-electron chi connectivity index (χ2n) is 18.8. The molecule has 0 aliphatic carbocycles. The van der Waals surface area contributed by atoms with Crippen LogP contribution in [-0.2, 0) is 42.9 Å². The molecule has 0 aromatic heterocycles. The predicted octanol–water partition coefficient (Wildman–Crippen LogP) is 13.8. The number of carbonyl (C=O) groups is 4. The molecule has 12 nitrogen and oxygen atoms in total. The van der Waals surface area contributed by atoms with Gasteiger partial charge in [-0.2, -0.15) is 0 Å². The van der Waals surface area contributed by atoms with E-state index in [-0.39, 0.29) is 25.9 Å². The molecule has 1 fully saturated rings. The second kappa shape index (κ2) is 47.2. The molecule has 0 bridgehead atoms. The van der Waals surface area contributed by atoms with Gasteiger partial charge in [0.05, 0.1) is 6.61 Å². The summed E-state index contributed by atoms with van der Waals surface area (Å²) in [4.78, 5) is 50.9. The lowest BCUT2D eigenvalue weighted by molar-refractivity contribution is -0.301. The summed E-state index contributed by atoms with van der Waals surface area (Å²) in [6, 6.07) is 0. The fourth-order valence-corrected chi connectivity index (χ4v) is 7.98. The topological polar surface area (TPSA) is 175 Å². The van der Waals surface area contributed by atoms with Crippen LogP contribution < -0.4 is 0 Å². The summed E-state index contributed by atoms with van der Waals surface area (Å²) in [5, 5.41) is 31.4. The van der Waals surface area contributed by atoms with Gasteiger partial charge in [-0.3, -0.25) is 14.4 Å². The van der Waals surface area contributed by atoms with Crippen molar-refractivity contribution < 1.29 is 58.2 Å². The summed E-state index contributed by atoms with van der Waals surface area (Å²) in [5.74, 6) is -3.17. The largest absolute Gasteiger partial charge is 0.479 e. The Labute approximate surface area is 429 Å². The molecule has 0 aromatic carbocycles. The molecule has 0 saturated carbocycles. The Morgan fingerprint density at radius 1 is 0.479 bits per heavy atom. The van der Waals surface area contributed by atoms with Crippen molar-refractivity contribution in [3.63, 3.8) is 0 Å². The lowest BCUT2D eigenvalue weighted by atomic mass is 9.98. The van der Waals surface area contributed by atoms with Crippen molar-refractivity contribution in [3.8, 4) is 0 Å². The number of aliphatic hydroxyl groups excluding tert-OH is 2. The van der Waals surface area contributed by atoms with Crippen molar-refractivity contribution in [2.75, 3.05) is 13.2 Å². The molecule has 1 aliphatic rings. The minimum Gasteiger partial charge on any atom is -0.479 e. The molecule has 6 atom stereocenters. The first-order valence-electron chi connectivity index (χ1n) is 27.9. The smallest absolute Gasteiger partial charge is 0.335 e. The van der Waals surface area contributed by atoms with Crippen molar-refractivity contribution in [3.05, 3.63) is 72.9 Å². The molecule has 1 rings (SSSR count). The van der Waals surface area contributed by atoms with E-state index < -0.39 is 67.3 Å². The minimum atomic E-state index is -1.91. The third-order valence-corrected chi connectivity index (χ3v) is 12.2. The number of rotatable bonds is 46. The SMILES string of the molecule is CC/C=C\C/C=C\C/C=C\C/C=C\CCCCCCC(=O)OC1C(OCC(COC(=O)CCCCCCC/C=C\C/C=C\CCC)OC(=O)CCCCCCCCCCCCC)OC(C(=O)O)C(O)C1O. The summed E-state index contributed by atoms with van der Waals surface area (Å²) in [6.07, 6.45) is 45.9. The van der Waals surface area contributed by atoms with Crippen LogP contribution in [0.15, 0.2) is 72.9 Å². The van der Waals surface area contributed by atoms with E-state index in [4.69, 9.17) is 23.7 Å². The Balaban J connectivity index is 2.72. The van der Waals surface area contributed by atoms with E-state index in [1.807, 2.05) is 0 Å². The highest BCUT2D eigenvalue weighted by molar-refractivity contribution is 5.74. The van der Waals surface area contributed by atoms with Gasteiger partial charge in [-0.05, 0) is 83.5 Å². The van der Waals surface area contributed by atoms with Crippen molar-refractivity contribution in [1.82, 2.24) is 0 Å². The van der Waals surface area contributed by atoms with E-state index in [0.29, 0.717) is 19.3 Å². The van der Waals surface area contributed by atoms with Gasteiger partial charge >= 0.3 is 23.9 Å². The summed E-state index contributed by atoms with van der Waals surface area (Å²) in [5.41, 5.74) is 0. The molecule has 12 heteroatoms. The molecule has 0 amide bonds. The minimum absolute atomic E-state index is 0.0300. The molecule has 0 spiro atoms. The number of aliphatic hydroxyl groups is 2. The van der Waals surface area contributed by atoms with Crippen LogP contribution in [0.25, 0.3) is 0 Å². The number of carboxylic acids is 1. The zero-order valence-electron chi connectivity index (χ0n) is 44.4. The average Bonchev–Trinajstić information content (AvgIpc) is 3.35. The zero-order chi connectivity index (χ0) is 51.8. The highest BCUT2D eigenvalue weighted by Gasteiger charge is 2.50. The summed E-state index contributed by atoms with van der Waals surface area (Å²) < 4.78 is 28.3. The number of hydrogen-bond acceptors (Lipinski definition) is 11. The quantitative estimate of drug-likeness (QED) is 0.0228. The van der Waals surface area contributed by atoms with E-state index in [9.17, 15) is 34.5 Å². The van der Waals surface area contributed by atoms with Gasteiger partial charge in [0.1, 0.15) is 18.8 Å². The summed E-state index contributed by atoms with van der Waals surface area (Å²) in [6.45, 7) is 5.77. The van der Waals surface area contributed by atoms with Crippen LogP contribution >= 0.6 is 0 Å². The number of carboxylic acid groups (broad SMARTS) is 1. The fourth-order valence-electron chi connectivity index (χ4n) is 7.98. The van der Waals surface area contributed by atoms with Crippen LogP contribution in [0.3, 0.4) is 0 Å². The number of unbranched alkanes of at least 4 members (excludes halogenated alkanes) is 20. The third kappa shape index (κ3) is 37.6. The molecule has 6 unspecified atom stereocenters. The van der Waals surface area contributed by atoms with Gasteiger partial charge in [-0.15, -0.1) is 0 Å². The van der Waals surface area contributed by atoms with Crippen molar-refractivity contribution in [2.45, 2.75) is 263 Å². The monoisotopic (exact) mass is 999 g/mol. The van der Waals surface area contributed by atoms with Crippen LogP contribution in [0.1, 0.15) is 226 Å². The summed E-state index contributed by atoms with van der Waals surface area (Å²) in [7, 11) is 0. The van der Waals surface area contributed by atoms with Crippen LogP contribution in [0.4, 0.5) is 0 Å². The molecule has 1 aliphatic heterocycles. The standard InChI is InChI=1S/C59H98O12/c1-4-7-10-13-16-19-22-24-25-26-27-29-32-35-38-41-44-47-53(62)70-57-55(64)54(63)56(58(65)66)71-59(57)68-49-50(69-52(61)46-43-40-37-34-30-21-18-15-12-9-6-3)48-67-51(60)45-42-39-36-33-31-28-23-20-17-14-11-8-5-2/h7,10-11,14,16,19-20,23-25,27,29,50,54-57,59,63-64H,4-6,8-9,12-13,15,17-18,21-22,26,28,30-49H2,1-3H3,(H,65,66)/b10-7-,14-11-,19-16-,23-20-,25-24-,29-27-. The Kier molecular flexibility index (Phi) is 43.3. The van der Waals surface area contributed by atoms with Gasteiger partial charge in [-0.1, -0.05) is 196 Å². The first kappa shape index (κ1) is 65.2. The van der Waals surface area contributed by atoms with E-state index in [1.165, 1.54) is 44.9 Å². The molecule has 406 valence electrons. The van der Waals surface area contributed by atoms with Gasteiger partial charge in [0.25, 0.3) is 0 Å². The normalized spacial score (nSPS) is 19.0. The first-order valence-corrected chi connectivity index (χ1v) is 27.9. The number of hydrogen-bond donors (Lipinski definition) is 3. The maximum Gasteiger partial charge on any atom is 0.335 e. The highest BCUT2D eigenvalue weighted by Crippen LogP contribution is 2.26. The van der Waals surface area contributed by atoms with Gasteiger partial charge in [-0.25, -0.2) is 4.79 Å². The van der Waals surface area contributed by atoms with Crippen molar-refractivity contribution in [2.24, 2.45) is 0 Å². The summed E-state index contributed by atoms with van der Waals surface area (Å²) >= 11 is 0.